The van der Waals surface area contributed by atoms with E-state index in [9.17, 15) is 4.79 Å². The van der Waals surface area contributed by atoms with Gasteiger partial charge in [-0.3, -0.25) is 4.79 Å². The third-order valence-corrected chi connectivity index (χ3v) is 3.93. The molecule has 1 atom stereocenters. The summed E-state index contributed by atoms with van der Waals surface area (Å²) in [6.45, 7) is 7.05. The van der Waals surface area contributed by atoms with Crippen LogP contribution in [0.2, 0.25) is 0 Å². The number of benzene rings is 1. The van der Waals surface area contributed by atoms with E-state index in [2.05, 4.69) is 22.7 Å². The van der Waals surface area contributed by atoms with E-state index < -0.39 is 0 Å². The molecule has 0 saturated carbocycles. The van der Waals surface area contributed by atoms with Gasteiger partial charge in [-0.25, -0.2) is 5.43 Å². The van der Waals surface area contributed by atoms with Crippen molar-refractivity contribution in [3.8, 4) is 17.2 Å². The topological polar surface area (TPSA) is 69.2 Å². The summed E-state index contributed by atoms with van der Waals surface area (Å²) in [5, 5.41) is 4.11. The smallest absolute Gasteiger partial charge is 0.271 e. The number of ether oxygens (including phenoxy) is 3. The normalized spacial score (nSPS) is 16.5. The molecule has 26 heavy (non-hydrogen) atoms. The predicted molar refractivity (Wildman–Crippen MR) is 102 cm³/mol. The van der Waals surface area contributed by atoms with Crippen LogP contribution in [-0.4, -0.2) is 31.9 Å². The molecule has 0 spiro atoms. The fourth-order valence-corrected chi connectivity index (χ4v) is 2.74. The predicted octanol–water partition coefficient (Wildman–Crippen LogP) is 3.95. The number of hydrogen-bond acceptors (Lipinski definition) is 5. The molecule has 0 heterocycles. The van der Waals surface area contributed by atoms with Crippen molar-refractivity contribution in [2.75, 3.05) is 19.8 Å². The van der Waals surface area contributed by atoms with Gasteiger partial charge in [0.05, 0.1) is 19.8 Å². The number of allylic oxidation sites excluding steroid dienone is 2. The summed E-state index contributed by atoms with van der Waals surface area (Å²) in [5.74, 6) is 1.57. The van der Waals surface area contributed by atoms with Crippen LogP contribution in [0.1, 0.15) is 50.4 Å². The van der Waals surface area contributed by atoms with Crippen molar-refractivity contribution < 1.29 is 19.0 Å². The maximum absolute atomic E-state index is 12.5. The van der Waals surface area contributed by atoms with E-state index in [1.807, 2.05) is 27.0 Å². The highest BCUT2D eigenvalue weighted by atomic mass is 16.5. The quantitative estimate of drug-likeness (QED) is 0.411. The van der Waals surface area contributed by atoms with Crippen LogP contribution < -0.4 is 19.6 Å². The van der Waals surface area contributed by atoms with Crippen LogP contribution in [0.5, 0.6) is 17.2 Å². The molecule has 1 aromatic carbocycles. The van der Waals surface area contributed by atoms with Crippen molar-refractivity contribution in [3.05, 3.63) is 29.8 Å². The zero-order chi connectivity index (χ0) is 18.8. The Kier molecular flexibility index (Phi) is 7.99. The van der Waals surface area contributed by atoms with Gasteiger partial charge in [0.15, 0.2) is 11.5 Å². The van der Waals surface area contributed by atoms with Gasteiger partial charge in [0.2, 0.25) is 5.75 Å². The first-order valence-electron chi connectivity index (χ1n) is 9.24. The summed E-state index contributed by atoms with van der Waals surface area (Å²) in [5.41, 5.74) is 3.01. The fourth-order valence-electron chi connectivity index (χ4n) is 2.74. The molecule has 1 aromatic rings. The maximum atomic E-state index is 12.5. The van der Waals surface area contributed by atoms with E-state index in [-0.39, 0.29) is 5.91 Å². The van der Waals surface area contributed by atoms with E-state index in [1.54, 1.807) is 12.1 Å². The zero-order valence-electron chi connectivity index (χ0n) is 15.8. The fraction of sp³-hybridized carbons (Fsp3) is 0.500. The van der Waals surface area contributed by atoms with Gasteiger partial charge in [0.1, 0.15) is 0 Å². The van der Waals surface area contributed by atoms with Crippen molar-refractivity contribution in [2.45, 2.75) is 40.0 Å². The Bertz CT molecular complexity index is 628. The molecule has 0 aromatic heterocycles. The van der Waals surface area contributed by atoms with Crippen LogP contribution in [-0.2, 0) is 0 Å². The van der Waals surface area contributed by atoms with Gasteiger partial charge in [0, 0.05) is 11.8 Å². The molecule has 0 saturated heterocycles. The van der Waals surface area contributed by atoms with Crippen LogP contribution >= 0.6 is 0 Å². The van der Waals surface area contributed by atoms with Gasteiger partial charge in [0.25, 0.3) is 5.91 Å². The standard InChI is InChI=1S/C20H28N2O4/c1-4-24-17-12-16(13-18(25-5-2)19(17)26-6-3)20(23)22-21-14-15-10-8-7-9-11-15/h7-8,12-15H,4-6,9-11H2,1-3H3,(H,22,23)/b21-14-. The third-order valence-electron chi connectivity index (χ3n) is 3.93. The van der Waals surface area contributed by atoms with Crippen molar-refractivity contribution in [1.82, 2.24) is 5.43 Å². The van der Waals surface area contributed by atoms with Crippen LogP contribution in [0.3, 0.4) is 0 Å². The molecule has 1 amide bonds. The van der Waals surface area contributed by atoms with Crippen LogP contribution in [0, 0.1) is 5.92 Å². The molecular weight excluding hydrogens is 332 g/mol. The molecule has 6 heteroatoms. The van der Waals surface area contributed by atoms with E-state index in [0.717, 1.165) is 19.3 Å². The molecule has 2 rings (SSSR count). The van der Waals surface area contributed by atoms with E-state index >= 15 is 0 Å². The van der Waals surface area contributed by atoms with Gasteiger partial charge in [-0.05, 0) is 58.1 Å². The zero-order valence-corrected chi connectivity index (χ0v) is 15.8. The molecule has 142 valence electrons. The first kappa shape index (κ1) is 19.8. The summed E-state index contributed by atoms with van der Waals surface area (Å²) < 4.78 is 16.9. The number of nitrogens with zero attached hydrogens (tertiary/aromatic N) is 1. The first-order valence-corrected chi connectivity index (χ1v) is 9.24. The number of carbonyl (C=O) groups excluding carboxylic acids is 1. The highest BCUT2D eigenvalue weighted by molar-refractivity contribution is 5.95. The van der Waals surface area contributed by atoms with E-state index in [0.29, 0.717) is 48.6 Å². The second kappa shape index (κ2) is 10.5. The SMILES string of the molecule is CCOc1cc(C(=O)N/N=C\C2CC=CCC2)cc(OCC)c1OCC. The first-order chi connectivity index (χ1) is 12.7. The van der Waals surface area contributed by atoms with Crippen LogP contribution in [0.25, 0.3) is 0 Å². The maximum Gasteiger partial charge on any atom is 0.271 e. The minimum Gasteiger partial charge on any atom is -0.490 e. The second-order valence-corrected chi connectivity index (χ2v) is 5.86. The summed E-state index contributed by atoms with van der Waals surface area (Å²) in [7, 11) is 0. The molecule has 1 aliphatic rings. The lowest BCUT2D eigenvalue weighted by Crippen LogP contribution is -2.19. The molecule has 1 aliphatic carbocycles. The molecule has 6 nitrogen and oxygen atoms in total. The lowest BCUT2D eigenvalue weighted by Gasteiger charge is -2.16. The average Bonchev–Trinajstić information content (AvgIpc) is 2.65. The highest BCUT2D eigenvalue weighted by Gasteiger charge is 2.18. The van der Waals surface area contributed by atoms with Gasteiger partial charge < -0.3 is 14.2 Å². The number of rotatable bonds is 9. The van der Waals surface area contributed by atoms with Crippen molar-refractivity contribution in [1.29, 1.82) is 0 Å². The van der Waals surface area contributed by atoms with Crippen LogP contribution in [0.4, 0.5) is 0 Å². The molecule has 0 aliphatic heterocycles. The molecule has 0 fully saturated rings. The van der Waals surface area contributed by atoms with Crippen molar-refractivity contribution in [3.63, 3.8) is 0 Å². The molecular formula is C20H28N2O4. The van der Waals surface area contributed by atoms with Crippen LogP contribution in [0.15, 0.2) is 29.4 Å². The summed E-state index contributed by atoms with van der Waals surface area (Å²) in [6, 6.07) is 3.32. The Morgan fingerprint density at radius 2 is 1.77 bits per heavy atom. The van der Waals surface area contributed by atoms with Gasteiger partial charge in [-0.1, -0.05) is 12.2 Å². The average molecular weight is 360 g/mol. The Morgan fingerprint density at radius 3 is 2.31 bits per heavy atom. The summed E-state index contributed by atoms with van der Waals surface area (Å²) >= 11 is 0. The molecule has 1 N–H and O–H groups in total. The van der Waals surface area contributed by atoms with Gasteiger partial charge in [-0.15, -0.1) is 0 Å². The Morgan fingerprint density at radius 1 is 1.12 bits per heavy atom. The number of hydrazone groups is 1. The number of amides is 1. The lowest BCUT2D eigenvalue weighted by molar-refractivity contribution is 0.0953. The highest BCUT2D eigenvalue weighted by Crippen LogP contribution is 2.39. The lowest BCUT2D eigenvalue weighted by atomic mass is 9.96. The van der Waals surface area contributed by atoms with Gasteiger partial charge >= 0.3 is 0 Å². The number of nitrogens with one attached hydrogen (secondary N) is 1. The van der Waals surface area contributed by atoms with Crippen molar-refractivity contribution >= 4 is 12.1 Å². The van der Waals surface area contributed by atoms with Gasteiger partial charge in [-0.2, -0.15) is 5.10 Å². The Balaban J connectivity index is 2.16. The second-order valence-electron chi connectivity index (χ2n) is 5.86. The molecule has 0 bridgehead atoms. The van der Waals surface area contributed by atoms with Crippen molar-refractivity contribution in [2.24, 2.45) is 11.0 Å². The Hall–Kier alpha value is -2.50. The number of hydrogen-bond donors (Lipinski definition) is 1. The monoisotopic (exact) mass is 360 g/mol. The minimum atomic E-state index is -0.308. The van der Waals surface area contributed by atoms with E-state index in [4.69, 9.17) is 14.2 Å². The molecule has 0 radical (unpaired) electrons. The third kappa shape index (κ3) is 5.51. The summed E-state index contributed by atoms with van der Waals surface area (Å²) in [4.78, 5) is 12.5. The largest absolute Gasteiger partial charge is 0.490 e. The number of carbonyl (C=O) groups is 1. The van der Waals surface area contributed by atoms with E-state index in [1.165, 1.54) is 0 Å². The minimum absolute atomic E-state index is 0.308. The Labute approximate surface area is 155 Å². The summed E-state index contributed by atoms with van der Waals surface area (Å²) in [6.07, 6.45) is 9.21. The molecule has 1 unspecified atom stereocenters.